The Morgan fingerprint density at radius 3 is 2.12 bits per heavy atom. The second kappa shape index (κ2) is 6.46. The summed E-state index contributed by atoms with van der Waals surface area (Å²) in [7, 11) is 2.06. The molecule has 3 N–H and O–H groups in total. The van der Waals surface area contributed by atoms with Crippen molar-refractivity contribution in [2.75, 3.05) is 20.1 Å². The highest BCUT2D eigenvalue weighted by Crippen LogP contribution is 2.44. The van der Waals surface area contributed by atoms with Gasteiger partial charge in [-0.2, -0.15) is 0 Å². The normalized spacial score (nSPS) is 26.3. The lowest BCUT2D eigenvalue weighted by Crippen LogP contribution is -2.68. The van der Waals surface area contributed by atoms with Crippen LogP contribution in [0.2, 0.25) is 0 Å². The molecular formula is C19H36N4O3. The van der Waals surface area contributed by atoms with E-state index in [4.69, 9.17) is 0 Å². The Labute approximate surface area is 157 Å². The molecule has 0 saturated carbocycles. The molecule has 0 aliphatic carbocycles. The van der Waals surface area contributed by atoms with Crippen molar-refractivity contribution < 1.29 is 14.7 Å². The van der Waals surface area contributed by atoms with Gasteiger partial charge in [-0.05, 0) is 68.4 Å². The zero-order valence-electron chi connectivity index (χ0n) is 17.6. The van der Waals surface area contributed by atoms with Gasteiger partial charge in [-0.15, -0.1) is 0 Å². The zero-order chi connectivity index (χ0) is 20.1. The van der Waals surface area contributed by atoms with Gasteiger partial charge in [0.1, 0.15) is 5.54 Å². The van der Waals surface area contributed by atoms with Gasteiger partial charge in [0.25, 0.3) is 5.91 Å². The topological polar surface area (TPSA) is 84.9 Å². The molecule has 7 nitrogen and oxygen atoms in total. The van der Waals surface area contributed by atoms with E-state index in [9.17, 15) is 14.7 Å². The number of β-amino-alcohol motifs (C(OH)–C–C–N with tert-alkyl or cyclic N) is 1. The predicted octanol–water partition coefficient (Wildman–Crippen LogP) is 1.31. The lowest BCUT2D eigenvalue weighted by Gasteiger charge is -2.56. The summed E-state index contributed by atoms with van der Waals surface area (Å²) in [4.78, 5) is 29.2. The first-order valence-corrected chi connectivity index (χ1v) is 9.41. The maximum Gasteiger partial charge on any atom is 0.325 e. The van der Waals surface area contributed by atoms with Gasteiger partial charge in [0.15, 0.2) is 0 Å². The Morgan fingerprint density at radius 2 is 1.65 bits per heavy atom. The summed E-state index contributed by atoms with van der Waals surface area (Å²) >= 11 is 0. The number of aliphatic hydroxyl groups is 1. The number of piperidine rings is 1. The molecule has 2 saturated heterocycles. The average molecular weight is 369 g/mol. The number of hydrogen-bond acceptors (Lipinski definition) is 5. The van der Waals surface area contributed by atoms with Crippen molar-refractivity contribution in [2.45, 2.75) is 89.6 Å². The minimum Gasteiger partial charge on any atom is -0.390 e. The monoisotopic (exact) mass is 368 g/mol. The van der Waals surface area contributed by atoms with Crippen molar-refractivity contribution in [1.29, 1.82) is 0 Å². The number of rotatable bonds is 4. The molecule has 1 unspecified atom stereocenters. The van der Waals surface area contributed by atoms with Crippen LogP contribution in [-0.2, 0) is 4.79 Å². The first-order valence-electron chi connectivity index (χ1n) is 9.41. The van der Waals surface area contributed by atoms with Crippen molar-refractivity contribution in [2.24, 2.45) is 0 Å². The molecule has 1 atom stereocenters. The third kappa shape index (κ3) is 4.05. The largest absolute Gasteiger partial charge is 0.390 e. The molecule has 2 aliphatic heterocycles. The smallest absolute Gasteiger partial charge is 0.325 e. The molecule has 26 heavy (non-hydrogen) atoms. The van der Waals surface area contributed by atoms with E-state index in [-0.39, 0.29) is 29.1 Å². The number of urea groups is 1. The fourth-order valence-electron chi connectivity index (χ4n) is 4.38. The third-order valence-electron chi connectivity index (χ3n) is 5.79. The van der Waals surface area contributed by atoms with Crippen LogP contribution >= 0.6 is 0 Å². The van der Waals surface area contributed by atoms with Crippen LogP contribution in [0.1, 0.15) is 61.3 Å². The summed E-state index contributed by atoms with van der Waals surface area (Å²) in [6.45, 7) is 14.7. The van der Waals surface area contributed by atoms with Gasteiger partial charge in [0, 0.05) is 23.2 Å². The average Bonchev–Trinajstić information content (AvgIpc) is 2.65. The molecular weight excluding hydrogens is 332 g/mol. The van der Waals surface area contributed by atoms with E-state index in [1.165, 1.54) is 4.90 Å². The van der Waals surface area contributed by atoms with Crippen molar-refractivity contribution in [3.05, 3.63) is 0 Å². The second-order valence-corrected chi connectivity index (χ2v) is 10.3. The Kier molecular flexibility index (Phi) is 5.25. The van der Waals surface area contributed by atoms with Crippen LogP contribution in [-0.4, -0.2) is 75.2 Å². The molecule has 0 aromatic rings. The molecule has 0 bridgehead atoms. The van der Waals surface area contributed by atoms with Crippen molar-refractivity contribution in [3.63, 3.8) is 0 Å². The highest BCUT2D eigenvalue weighted by Gasteiger charge is 2.60. The molecule has 3 amide bonds. The fraction of sp³-hybridized carbons (Fsp3) is 0.895. The van der Waals surface area contributed by atoms with Gasteiger partial charge < -0.3 is 15.7 Å². The summed E-state index contributed by atoms with van der Waals surface area (Å²) in [5.41, 5.74) is -1.49. The van der Waals surface area contributed by atoms with Gasteiger partial charge in [-0.1, -0.05) is 0 Å². The minimum atomic E-state index is -0.895. The molecule has 0 aromatic heterocycles. The van der Waals surface area contributed by atoms with Crippen LogP contribution in [0.15, 0.2) is 0 Å². The fourth-order valence-corrected chi connectivity index (χ4v) is 4.38. The molecule has 0 radical (unpaired) electrons. The molecule has 150 valence electrons. The van der Waals surface area contributed by atoms with Crippen LogP contribution in [0.5, 0.6) is 0 Å². The molecule has 7 heteroatoms. The zero-order valence-corrected chi connectivity index (χ0v) is 17.6. The summed E-state index contributed by atoms with van der Waals surface area (Å²) in [5.74, 6) is -0.216. The molecule has 2 fully saturated rings. The van der Waals surface area contributed by atoms with E-state index in [1.807, 2.05) is 20.8 Å². The number of hydrogen-bond donors (Lipinski definition) is 3. The standard InChI is InChI=1S/C19H36N4O3/c1-16(2,3)20-9-13(24)10-23-14(25)19(21-15(23)26)11-17(4,5)22(8)18(6,7)12-19/h13,20,24H,9-12H2,1-8H3,(H,21,26). The first kappa shape index (κ1) is 21.1. The maximum absolute atomic E-state index is 13.2. The van der Waals surface area contributed by atoms with Gasteiger partial charge >= 0.3 is 6.03 Å². The quantitative estimate of drug-likeness (QED) is 0.652. The Hall–Kier alpha value is -1.18. The number of imide groups is 1. The van der Waals surface area contributed by atoms with Crippen LogP contribution < -0.4 is 10.6 Å². The summed E-state index contributed by atoms with van der Waals surface area (Å²) < 4.78 is 0. The first-order chi connectivity index (χ1) is 11.6. The lowest BCUT2D eigenvalue weighted by molar-refractivity contribution is -0.140. The number of carbonyl (C=O) groups excluding carboxylic acids is 2. The van der Waals surface area contributed by atoms with Crippen molar-refractivity contribution >= 4 is 11.9 Å². The number of likely N-dealkylation sites (tertiary alicyclic amines) is 1. The molecule has 1 spiro atoms. The van der Waals surface area contributed by atoms with E-state index >= 15 is 0 Å². The van der Waals surface area contributed by atoms with Crippen molar-refractivity contribution in [3.8, 4) is 0 Å². The van der Waals surface area contributed by atoms with E-state index in [2.05, 4.69) is 50.3 Å². The molecule has 2 rings (SSSR count). The van der Waals surface area contributed by atoms with Crippen LogP contribution in [0.3, 0.4) is 0 Å². The Balaban J connectivity index is 2.15. The molecule has 0 aromatic carbocycles. The van der Waals surface area contributed by atoms with Gasteiger partial charge in [0.2, 0.25) is 0 Å². The van der Waals surface area contributed by atoms with Crippen molar-refractivity contribution in [1.82, 2.24) is 20.4 Å². The van der Waals surface area contributed by atoms with Crippen LogP contribution in [0, 0.1) is 0 Å². The number of nitrogens with one attached hydrogen (secondary N) is 2. The van der Waals surface area contributed by atoms with E-state index in [0.717, 1.165) is 0 Å². The number of nitrogens with zero attached hydrogens (tertiary/aromatic N) is 2. The lowest BCUT2D eigenvalue weighted by atomic mass is 9.69. The predicted molar refractivity (Wildman–Crippen MR) is 102 cm³/mol. The minimum absolute atomic E-state index is 0.00614. The second-order valence-electron chi connectivity index (χ2n) is 10.3. The molecule has 2 heterocycles. The summed E-state index contributed by atoms with van der Waals surface area (Å²) in [6, 6.07) is -0.402. The maximum atomic E-state index is 13.2. The van der Waals surface area contributed by atoms with Gasteiger partial charge in [0.05, 0.1) is 12.6 Å². The van der Waals surface area contributed by atoms with Crippen LogP contribution in [0.4, 0.5) is 4.79 Å². The van der Waals surface area contributed by atoms with E-state index < -0.39 is 17.7 Å². The Morgan fingerprint density at radius 1 is 1.15 bits per heavy atom. The summed E-state index contributed by atoms with van der Waals surface area (Å²) in [5, 5.41) is 16.5. The number of carbonyl (C=O) groups is 2. The highest BCUT2D eigenvalue weighted by atomic mass is 16.3. The Bertz CT molecular complexity index is 562. The summed E-state index contributed by atoms with van der Waals surface area (Å²) in [6.07, 6.45) is 0.306. The van der Waals surface area contributed by atoms with E-state index in [1.54, 1.807) is 0 Å². The van der Waals surface area contributed by atoms with Crippen LogP contribution in [0.25, 0.3) is 0 Å². The van der Waals surface area contributed by atoms with E-state index in [0.29, 0.717) is 19.4 Å². The number of aliphatic hydroxyl groups excluding tert-OH is 1. The molecule has 2 aliphatic rings. The SMILES string of the molecule is CN1C(C)(C)CC2(CC1(C)C)NC(=O)N(CC(O)CNC(C)(C)C)C2=O. The van der Waals surface area contributed by atoms with Gasteiger partial charge in [-0.25, -0.2) is 4.79 Å². The number of amides is 3. The highest BCUT2D eigenvalue weighted by molar-refractivity contribution is 6.07. The third-order valence-corrected chi connectivity index (χ3v) is 5.79. The van der Waals surface area contributed by atoms with Gasteiger partial charge in [-0.3, -0.25) is 14.6 Å².